The van der Waals surface area contributed by atoms with Gasteiger partial charge in [-0.05, 0) is 99.5 Å². The lowest BCUT2D eigenvalue weighted by Crippen LogP contribution is -2.36. The van der Waals surface area contributed by atoms with Gasteiger partial charge in [0.1, 0.15) is 29.3 Å². The number of nitriles is 1. The fourth-order valence-electron chi connectivity index (χ4n) is 8.15. The maximum Gasteiger partial charge on any atom is 0.132 e. The highest BCUT2D eigenvalue weighted by atomic mass is 35.5. The van der Waals surface area contributed by atoms with E-state index in [-0.39, 0.29) is 0 Å². The number of benzene rings is 2. The van der Waals surface area contributed by atoms with Crippen LogP contribution in [-0.4, -0.2) is 82.5 Å². The molecule has 8 heterocycles. The Bertz CT molecular complexity index is 3070. The zero-order chi connectivity index (χ0) is 44.9. The number of anilines is 6. The summed E-state index contributed by atoms with van der Waals surface area (Å²) in [6.45, 7) is 14.3. The number of hydrogen-bond acceptors (Lipinski definition) is 13. The molecule has 2 aromatic carbocycles. The number of hydrogen-bond donors (Lipinski definition) is 2. The molecule has 8 aromatic rings. The molecular weight excluding hydrogens is 834 g/mol. The van der Waals surface area contributed by atoms with Crippen LogP contribution in [0.3, 0.4) is 0 Å². The smallest absolute Gasteiger partial charge is 0.132 e. The van der Waals surface area contributed by atoms with Crippen LogP contribution in [0.4, 0.5) is 34.6 Å². The van der Waals surface area contributed by atoms with E-state index in [0.29, 0.717) is 29.3 Å². The molecule has 0 spiro atoms. The standard InChI is InChI=1S/C26H24N6O.C25H24ClN5O/c1-17-9-10-28-21(15-17)25-18(2)24(20-6-3-5-19(16-27)26(20)31-25)30-22-7-4-8-23(29-22)32-11-13-33-14-12-32;1-16-9-10-27-20(15-16)24-17(2)23(18-5-3-6-19(26)25(18)30-24)29-21-7-4-8-22(28-21)31-11-13-32-14-12-31/h3-10,15H,11-14H2,1-2H3,(H,29,30,31);3-10,15H,11-14H2,1-2H3,(H,28,29,30). The summed E-state index contributed by atoms with van der Waals surface area (Å²) in [6.07, 6.45) is 3.59. The Kier molecular flexibility index (Phi) is 12.7. The zero-order valence-electron chi connectivity index (χ0n) is 36.8. The Morgan fingerprint density at radius 1 is 0.569 bits per heavy atom. The monoisotopic (exact) mass is 881 g/mol. The molecule has 0 saturated carbocycles. The van der Waals surface area contributed by atoms with Crippen molar-refractivity contribution in [2.75, 3.05) is 73.0 Å². The Morgan fingerprint density at radius 2 is 1.03 bits per heavy atom. The number of ether oxygens (including phenoxy) is 2. The minimum absolute atomic E-state index is 0.527. The molecule has 2 aliphatic heterocycles. The third-order valence-electron chi connectivity index (χ3n) is 11.6. The van der Waals surface area contributed by atoms with E-state index in [0.717, 1.165) is 135 Å². The molecule has 0 amide bonds. The van der Waals surface area contributed by atoms with Crippen LogP contribution in [-0.2, 0) is 9.47 Å². The number of fused-ring (bicyclic) bond motifs is 2. The normalized spacial score (nSPS) is 13.8. The van der Waals surface area contributed by atoms with Gasteiger partial charge < -0.3 is 29.9 Å². The highest BCUT2D eigenvalue weighted by molar-refractivity contribution is 6.35. The van der Waals surface area contributed by atoms with Crippen LogP contribution in [0.5, 0.6) is 0 Å². The van der Waals surface area contributed by atoms with E-state index in [1.54, 1.807) is 12.3 Å². The number of para-hydroxylation sites is 2. The molecule has 326 valence electrons. The lowest BCUT2D eigenvalue weighted by atomic mass is 10.0. The summed E-state index contributed by atoms with van der Waals surface area (Å²) in [5, 5.41) is 19.2. The summed E-state index contributed by atoms with van der Waals surface area (Å²) < 4.78 is 10.9. The molecule has 0 atom stereocenters. The lowest BCUT2D eigenvalue weighted by Gasteiger charge is -2.28. The van der Waals surface area contributed by atoms with Crippen LogP contribution in [0.15, 0.2) is 109 Å². The number of nitrogens with zero attached hydrogens (tertiary/aromatic N) is 9. The SMILES string of the molecule is Cc1ccnc(-c2nc3c(C#N)cccc3c(Nc3cccc(N4CCOCC4)n3)c2C)c1.Cc1ccnc(-c2nc3c(Cl)cccc3c(Nc3cccc(N4CCOCC4)n3)c2C)c1. The Labute approximate surface area is 383 Å². The van der Waals surface area contributed by atoms with E-state index in [1.165, 1.54) is 0 Å². The van der Waals surface area contributed by atoms with Crippen LogP contribution in [0.25, 0.3) is 44.6 Å². The van der Waals surface area contributed by atoms with Crippen molar-refractivity contribution >= 4 is 68.1 Å². The van der Waals surface area contributed by atoms with Gasteiger partial charge in [-0.2, -0.15) is 5.26 Å². The highest BCUT2D eigenvalue weighted by Crippen LogP contribution is 2.38. The molecule has 0 bridgehead atoms. The first-order valence-corrected chi connectivity index (χ1v) is 22.0. The van der Waals surface area contributed by atoms with Crippen molar-refractivity contribution in [3.63, 3.8) is 0 Å². The van der Waals surface area contributed by atoms with Crippen LogP contribution < -0.4 is 20.4 Å². The first kappa shape index (κ1) is 43.0. The predicted molar refractivity (Wildman–Crippen MR) is 260 cm³/mol. The number of aromatic nitrogens is 6. The third kappa shape index (κ3) is 9.37. The molecule has 65 heavy (non-hydrogen) atoms. The Balaban J connectivity index is 0.000000164. The largest absolute Gasteiger partial charge is 0.378 e. The number of pyridine rings is 6. The fourth-order valence-corrected chi connectivity index (χ4v) is 8.37. The van der Waals surface area contributed by atoms with Gasteiger partial charge in [-0.3, -0.25) is 9.97 Å². The predicted octanol–water partition coefficient (Wildman–Crippen LogP) is 10.3. The van der Waals surface area contributed by atoms with Crippen LogP contribution in [0.2, 0.25) is 5.02 Å². The van der Waals surface area contributed by atoms with Gasteiger partial charge >= 0.3 is 0 Å². The maximum atomic E-state index is 9.72. The number of morpholine rings is 2. The van der Waals surface area contributed by atoms with Crippen molar-refractivity contribution in [1.29, 1.82) is 5.26 Å². The van der Waals surface area contributed by atoms with E-state index >= 15 is 0 Å². The number of halogens is 1. The second-order valence-corrected chi connectivity index (χ2v) is 16.4. The van der Waals surface area contributed by atoms with Crippen molar-refractivity contribution in [2.24, 2.45) is 0 Å². The van der Waals surface area contributed by atoms with Gasteiger partial charge in [-0.15, -0.1) is 0 Å². The second-order valence-electron chi connectivity index (χ2n) is 16.0. The van der Waals surface area contributed by atoms with Crippen molar-refractivity contribution < 1.29 is 9.47 Å². The van der Waals surface area contributed by atoms with Gasteiger partial charge in [0.25, 0.3) is 0 Å². The van der Waals surface area contributed by atoms with E-state index in [4.69, 9.17) is 41.0 Å². The van der Waals surface area contributed by atoms with Gasteiger partial charge in [0.2, 0.25) is 0 Å². The van der Waals surface area contributed by atoms with Crippen molar-refractivity contribution in [3.8, 4) is 28.8 Å². The molecular formula is C51H48ClN11O2. The molecule has 10 rings (SSSR count). The average molecular weight is 882 g/mol. The van der Waals surface area contributed by atoms with Crippen LogP contribution in [0.1, 0.15) is 27.8 Å². The molecule has 2 N–H and O–H groups in total. The van der Waals surface area contributed by atoms with E-state index in [2.05, 4.69) is 50.3 Å². The van der Waals surface area contributed by atoms with Gasteiger partial charge in [-0.25, -0.2) is 19.9 Å². The highest BCUT2D eigenvalue weighted by Gasteiger charge is 2.20. The fraction of sp³-hybridized carbons (Fsp3) is 0.235. The number of aryl methyl sites for hydroxylation is 2. The summed E-state index contributed by atoms with van der Waals surface area (Å²) in [5.41, 5.74) is 11.1. The molecule has 14 heteroatoms. The van der Waals surface area contributed by atoms with Crippen molar-refractivity contribution in [3.05, 3.63) is 142 Å². The molecule has 0 aliphatic carbocycles. The minimum Gasteiger partial charge on any atom is -0.378 e. The zero-order valence-corrected chi connectivity index (χ0v) is 37.5. The third-order valence-corrected chi connectivity index (χ3v) is 11.9. The first-order chi connectivity index (χ1) is 31.7. The topological polar surface area (TPSA) is 150 Å². The number of nitrogens with one attached hydrogen (secondary N) is 2. The molecule has 2 aliphatic rings. The average Bonchev–Trinajstić information content (AvgIpc) is 3.34. The summed E-state index contributed by atoms with van der Waals surface area (Å²) in [7, 11) is 0. The van der Waals surface area contributed by atoms with Gasteiger partial charge in [0.05, 0.1) is 82.2 Å². The van der Waals surface area contributed by atoms with Crippen molar-refractivity contribution in [2.45, 2.75) is 27.7 Å². The molecule has 0 unspecified atom stereocenters. The summed E-state index contributed by atoms with van der Waals surface area (Å²) >= 11 is 6.56. The second kappa shape index (κ2) is 19.2. The summed E-state index contributed by atoms with van der Waals surface area (Å²) in [4.78, 5) is 33.1. The Morgan fingerprint density at radius 3 is 1.52 bits per heavy atom. The van der Waals surface area contributed by atoms with E-state index in [9.17, 15) is 5.26 Å². The van der Waals surface area contributed by atoms with Gasteiger partial charge in [0.15, 0.2) is 0 Å². The van der Waals surface area contributed by atoms with E-state index < -0.39 is 0 Å². The van der Waals surface area contributed by atoms with Crippen LogP contribution >= 0.6 is 11.6 Å². The lowest BCUT2D eigenvalue weighted by molar-refractivity contribution is 0.122. The quantitative estimate of drug-likeness (QED) is 0.149. The Hall–Kier alpha value is -7.24. The number of rotatable bonds is 8. The first-order valence-electron chi connectivity index (χ1n) is 21.7. The van der Waals surface area contributed by atoms with Crippen molar-refractivity contribution in [1.82, 2.24) is 29.9 Å². The molecule has 0 radical (unpaired) electrons. The summed E-state index contributed by atoms with van der Waals surface area (Å²) in [5.74, 6) is 3.36. The molecule has 13 nitrogen and oxygen atoms in total. The van der Waals surface area contributed by atoms with Crippen LogP contribution in [0, 0.1) is 39.0 Å². The van der Waals surface area contributed by atoms with Gasteiger partial charge in [-0.1, -0.05) is 48.0 Å². The maximum absolute atomic E-state index is 9.72. The molecule has 6 aromatic heterocycles. The van der Waals surface area contributed by atoms with Gasteiger partial charge in [0, 0.05) is 60.5 Å². The molecule has 2 fully saturated rings. The summed E-state index contributed by atoms with van der Waals surface area (Å²) in [6, 6.07) is 33.8. The molecule has 2 saturated heterocycles. The minimum atomic E-state index is 0.527. The van der Waals surface area contributed by atoms with E-state index in [1.807, 2.05) is 111 Å².